The number of hydrogen-bond donors (Lipinski definition) is 3. The van der Waals surface area contributed by atoms with Crippen molar-refractivity contribution in [3.05, 3.63) is 71.8 Å². The molecule has 1 amide bonds. The first kappa shape index (κ1) is 22.0. The molecule has 26 heavy (non-hydrogen) atoms. The van der Waals surface area contributed by atoms with E-state index in [1.54, 1.807) is 30.3 Å². The second-order valence-corrected chi connectivity index (χ2v) is 5.72. The van der Waals surface area contributed by atoms with Crippen LogP contribution in [0.3, 0.4) is 0 Å². The van der Waals surface area contributed by atoms with E-state index in [2.05, 4.69) is 5.32 Å². The van der Waals surface area contributed by atoms with Gasteiger partial charge in [0.25, 0.3) is 0 Å². The first-order valence-electron chi connectivity index (χ1n) is 7.66. The highest BCUT2D eigenvalue weighted by Gasteiger charge is 2.55. The van der Waals surface area contributed by atoms with Gasteiger partial charge in [-0.15, -0.1) is 12.4 Å². The molecule has 2 unspecified atom stereocenters. The molecular formula is C18H20ClF3N2O2. The van der Waals surface area contributed by atoms with E-state index in [9.17, 15) is 23.1 Å². The van der Waals surface area contributed by atoms with Gasteiger partial charge in [-0.3, -0.25) is 4.79 Å². The lowest BCUT2D eigenvalue weighted by atomic mass is 9.93. The Kier molecular flexibility index (Phi) is 7.62. The Hall–Kier alpha value is -2.09. The Morgan fingerprint density at radius 3 is 2.04 bits per heavy atom. The van der Waals surface area contributed by atoms with Crippen molar-refractivity contribution in [2.45, 2.75) is 24.2 Å². The predicted octanol–water partition coefficient (Wildman–Crippen LogP) is 3.06. The van der Waals surface area contributed by atoms with Crippen LogP contribution in [0.5, 0.6) is 0 Å². The molecule has 0 heterocycles. The predicted molar refractivity (Wildman–Crippen MR) is 94.6 cm³/mol. The SMILES string of the molecule is Cl.NC(CC(=O)NCC(O)(c1ccccc1)C(F)(F)F)c1ccccc1. The number of halogens is 4. The van der Waals surface area contributed by atoms with Crippen LogP contribution in [0.15, 0.2) is 60.7 Å². The monoisotopic (exact) mass is 388 g/mol. The maximum atomic E-state index is 13.3. The minimum atomic E-state index is -4.94. The molecule has 0 saturated heterocycles. The summed E-state index contributed by atoms with van der Waals surface area (Å²) in [5.41, 5.74) is 3.08. The van der Waals surface area contributed by atoms with Crippen molar-refractivity contribution >= 4 is 18.3 Å². The van der Waals surface area contributed by atoms with Crippen LogP contribution < -0.4 is 11.1 Å². The van der Waals surface area contributed by atoms with Crippen LogP contribution >= 0.6 is 12.4 Å². The third-order valence-electron chi connectivity index (χ3n) is 3.89. The lowest BCUT2D eigenvalue weighted by Crippen LogP contribution is -2.51. The molecule has 0 spiro atoms. The summed E-state index contributed by atoms with van der Waals surface area (Å²) in [6.07, 6.45) is -5.13. The fourth-order valence-electron chi connectivity index (χ4n) is 2.40. The maximum absolute atomic E-state index is 13.3. The third kappa shape index (κ3) is 5.20. The molecule has 0 aliphatic carbocycles. The molecule has 0 fully saturated rings. The number of carbonyl (C=O) groups excluding carboxylic acids is 1. The summed E-state index contributed by atoms with van der Waals surface area (Å²) in [7, 11) is 0. The first-order valence-corrected chi connectivity index (χ1v) is 7.66. The number of alkyl halides is 3. The Labute approximate surface area is 155 Å². The summed E-state index contributed by atoms with van der Waals surface area (Å²) in [5, 5.41) is 12.3. The summed E-state index contributed by atoms with van der Waals surface area (Å²) < 4.78 is 40.0. The molecule has 142 valence electrons. The summed E-state index contributed by atoms with van der Waals surface area (Å²) in [4.78, 5) is 12.0. The third-order valence-corrected chi connectivity index (χ3v) is 3.89. The van der Waals surface area contributed by atoms with Crippen molar-refractivity contribution in [1.29, 1.82) is 0 Å². The van der Waals surface area contributed by atoms with Crippen molar-refractivity contribution in [3.63, 3.8) is 0 Å². The second-order valence-electron chi connectivity index (χ2n) is 5.72. The van der Waals surface area contributed by atoms with Gasteiger partial charge >= 0.3 is 6.18 Å². The molecule has 0 saturated carbocycles. The molecule has 8 heteroatoms. The van der Waals surface area contributed by atoms with Gasteiger partial charge in [0.05, 0.1) is 6.54 Å². The number of carbonyl (C=O) groups is 1. The molecule has 0 aromatic heterocycles. The highest BCUT2D eigenvalue weighted by molar-refractivity contribution is 5.85. The van der Waals surface area contributed by atoms with Gasteiger partial charge in [0.2, 0.25) is 11.5 Å². The minimum absolute atomic E-state index is 0. The Morgan fingerprint density at radius 2 is 1.54 bits per heavy atom. The van der Waals surface area contributed by atoms with E-state index in [0.717, 1.165) is 12.1 Å². The first-order chi connectivity index (χ1) is 11.7. The molecule has 2 atom stereocenters. The molecule has 2 aromatic rings. The van der Waals surface area contributed by atoms with E-state index >= 15 is 0 Å². The quantitative estimate of drug-likeness (QED) is 0.712. The van der Waals surface area contributed by atoms with Crippen molar-refractivity contribution in [2.24, 2.45) is 5.73 Å². The van der Waals surface area contributed by atoms with Gasteiger partial charge in [0.1, 0.15) is 0 Å². The molecule has 0 bridgehead atoms. The van der Waals surface area contributed by atoms with Gasteiger partial charge in [0, 0.05) is 12.5 Å². The molecule has 4 N–H and O–H groups in total. The average Bonchev–Trinajstić information content (AvgIpc) is 2.60. The second kappa shape index (κ2) is 9.02. The van der Waals surface area contributed by atoms with Crippen molar-refractivity contribution < 1.29 is 23.1 Å². The van der Waals surface area contributed by atoms with Crippen LogP contribution in [0.4, 0.5) is 13.2 Å². The van der Waals surface area contributed by atoms with Gasteiger partial charge in [-0.1, -0.05) is 60.7 Å². The minimum Gasteiger partial charge on any atom is -0.375 e. The fraction of sp³-hybridized carbons (Fsp3) is 0.278. The molecule has 2 aromatic carbocycles. The Balaban J connectivity index is 0.00000338. The van der Waals surface area contributed by atoms with Gasteiger partial charge in [-0.25, -0.2) is 0 Å². The van der Waals surface area contributed by atoms with E-state index in [4.69, 9.17) is 5.73 Å². The van der Waals surface area contributed by atoms with Crippen LogP contribution in [0.2, 0.25) is 0 Å². The summed E-state index contributed by atoms with van der Waals surface area (Å²) >= 11 is 0. The highest BCUT2D eigenvalue weighted by atomic mass is 35.5. The van der Waals surface area contributed by atoms with Crippen molar-refractivity contribution in [3.8, 4) is 0 Å². The highest BCUT2D eigenvalue weighted by Crippen LogP contribution is 2.38. The van der Waals surface area contributed by atoms with Gasteiger partial charge in [-0.2, -0.15) is 13.2 Å². The molecule has 0 aliphatic heterocycles. The maximum Gasteiger partial charge on any atom is 0.423 e. The van der Waals surface area contributed by atoms with E-state index in [1.165, 1.54) is 18.2 Å². The van der Waals surface area contributed by atoms with Crippen LogP contribution in [-0.4, -0.2) is 23.7 Å². The number of aliphatic hydroxyl groups is 1. The van der Waals surface area contributed by atoms with Crippen LogP contribution in [-0.2, 0) is 10.4 Å². The number of nitrogens with two attached hydrogens (primary N) is 1. The van der Waals surface area contributed by atoms with Crippen molar-refractivity contribution in [2.75, 3.05) is 6.54 Å². The summed E-state index contributed by atoms with van der Waals surface area (Å²) in [5.74, 6) is -0.671. The van der Waals surface area contributed by atoms with Crippen molar-refractivity contribution in [1.82, 2.24) is 5.32 Å². The Morgan fingerprint density at radius 1 is 1.04 bits per heavy atom. The molecule has 2 rings (SSSR count). The lowest BCUT2D eigenvalue weighted by Gasteiger charge is -2.31. The fourth-order valence-corrected chi connectivity index (χ4v) is 2.40. The Bertz CT molecular complexity index is 699. The van der Waals surface area contributed by atoms with Gasteiger partial charge < -0.3 is 16.2 Å². The number of nitrogens with one attached hydrogen (secondary N) is 1. The number of amides is 1. The van der Waals surface area contributed by atoms with Crippen LogP contribution in [0.1, 0.15) is 23.6 Å². The standard InChI is InChI=1S/C18H19F3N2O2.ClH/c19-18(20,21)17(25,14-9-5-2-6-10-14)12-23-16(24)11-15(22)13-7-3-1-4-8-13;/h1-10,15,25H,11-12,22H2,(H,23,24);1H. The van der Waals surface area contributed by atoms with E-state index in [0.29, 0.717) is 5.56 Å². The molecule has 4 nitrogen and oxygen atoms in total. The normalized spacial score (nSPS) is 14.7. The van der Waals surface area contributed by atoms with Crippen LogP contribution in [0.25, 0.3) is 0 Å². The smallest absolute Gasteiger partial charge is 0.375 e. The van der Waals surface area contributed by atoms with Crippen LogP contribution in [0, 0.1) is 0 Å². The number of hydrogen-bond acceptors (Lipinski definition) is 3. The zero-order chi connectivity index (χ0) is 18.5. The van der Waals surface area contributed by atoms with E-state index in [1.807, 2.05) is 0 Å². The van der Waals surface area contributed by atoms with Gasteiger partial charge in [0.15, 0.2) is 0 Å². The molecule has 0 radical (unpaired) electrons. The molecular weight excluding hydrogens is 369 g/mol. The van der Waals surface area contributed by atoms with E-state index in [-0.39, 0.29) is 24.4 Å². The largest absolute Gasteiger partial charge is 0.423 e. The average molecular weight is 389 g/mol. The summed E-state index contributed by atoms with van der Waals surface area (Å²) in [6, 6.07) is 14.8. The lowest BCUT2D eigenvalue weighted by molar-refractivity contribution is -0.264. The zero-order valence-corrected chi connectivity index (χ0v) is 14.6. The zero-order valence-electron chi connectivity index (χ0n) is 13.7. The molecule has 0 aliphatic rings. The van der Waals surface area contributed by atoms with Gasteiger partial charge in [-0.05, 0) is 11.1 Å². The topological polar surface area (TPSA) is 75.4 Å². The number of benzene rings is 2. The van der Waals surface area contributed by atoms with E-state index < -0.39 is 30.3 Å². The summed E-state index contributed by atoms with van der Waals surface area (Å²) in [6.45, 7) is -0.985. The number of rotatable bonds is 6.